The first-order valence-electron chi connectivity index (χ1n) is 3.45. The third-order valence-corrected chi connectivity index (χ3v) is 2.66. The molecule has 1 radical (unpaired) electrons. The van der Waals surface area contributed by atoms with Crippen molar-refractivity contribution in [1.82, 2.24) is 0 Å². The molecular weight excluding hydrogens is 132 g/mol. The van der Waals surface area contributed by atoms with E-state index in [9.17, 15) is 4.55 Å². The van der Waals surface area contributed by atoms with Crippen LogP contribution in [0.5, 0.6) is 0 Å². The van der Waals surface area contributed by atoms with Gasteiger partial charge in [0.1, 0.15) is 11.5 Å². The van der Waals surface area contributed by atoms with Crippen LogP contribution >= 0.6 is 0 Å². The number of rotatable bonds is 5. The number of unbranched alkanes of at least 4 members (excludes halogenated alkanes) is 1. The van der Waals surface area contributed by atoms with Gasteiger partial charge in [-0.2, -0.15) is 0 Å². The standard InChI is InChI=1S/C7H15OS/c1-3-5-7-9(8)6-4-2/h1,3-7H2,2H3. The van der Waals surface area contributed by atoms with E-state index in [-0.39, 0.29) is 0 Å². The molecule has 0 aliphatic rings. The highest BCUT2D eigenvalue weighted by Crippen LogP contribution is 1.97. The molecule has 1 nitrogen and oxygen atoms in total. The van der Waals surface area contributed by atoms with Crippen LogP contribution in [0.3, 0.4) is 0 Å². The van der Waals surface area contributed by atoms with Gasteiger partial charge in [-0.1, -0.05) is 25.0 Å². The molecule has 2 heteroatoms. The van der Waals surface area contributed by atoms with Crippen LogP contribution in [0.4, 0.5) is 0 Å². The Hall–Kier alpha value is 0.310. The lowest BCUT2D eigenvalue weighted by molar-refractivity contribution is 0.591. The predicted molar refractivity (Wildman–Crippen MR) is 42.8 cm³/mol. The highest BCUT2D eigenvalue weighted by molar-refractivity contribution is 7.91. The van der Waals surface area contributed by atoms with Crippen LogP contribution < -0.4 is 0 Å². The Balaban J connectivity index is 2.95. The molecule has 0 fully saturated rings. The highest BCUT2D eigenvalue weighted by Gasteiger charge is 2.00. The van der Waals surface area contributed by atoms with Gasteiger partial charge in [-0.05, 0) is 19.3 Å². The molecule has 1 unspecified atom stereocenters. The summed E-state index contributed by atoms with van der Waals surface area (Å²) in [5.41, 5.74) is 0. The minimum Gasteiger partial charge on any atom is -0.616 e. The van der Waals surface area contributed by atoms with Crippen LogP contribution in [0.1, 0.15) is 26.2 Å². The van der Waals surface area contributed by atoms with Gasteiger partial charge < -0.3 is 4.55 Å². The molecule has 0 saturated heterocycles. The lowest BCUT2D eigenvalue weighted by Gasteiger charge is -2.07. The molecule has 9 heavy (non-hydrogen) atoms. The summed E-state index contributed by atoms with van der Waals surface area (Å²) in [7, 11) is 0. The van der Waals surface area contributed by atoms with Crippen molar-refractivity contribution in [2.24, 2.45) is 0 Å². The van der Waals surface area contributed by atoms with Crippen molar-refractivity contribution < 1.29 is 4.55 Å². The van der Waals surface area contributed by atoms with Crippen LogP contribution in [-0.4, -0.2) is 16.1 Å². The first-order valence-corrected chi connectivity index (χ1v) is 4.94. The molecular formula is C7H15OS. The second kappa shape index (κ2) is 6.43. The molecule has 1 atom stereocenters. The smallest absolute Gasteiger partial charge is 0.105 e. The van der Waals surface area contributed by atoms with Gasteiger partial charge in [-0.3, -0.25) is 0 Å². The van der Waals surface area contributed by atoms with Crippen molar-refractivity contribution in [1.29, 1.82) is 0 Å². The molecule has 0 aliphatic carbocycles. The van der Waals surface area contributed by atoms with Crippen molar-refractivity contribution >= 4 is 11.2 Å². The van der Waals surface area contributed by atoms with E-state index >= 15 is 0 Å². The second-order valence-corrected chi connectivity index (χ2v) is 3.75. The molecule has 0 N–H and O–H groups in total. The molecule has 0 aromatic carbocycles. The molecule has 55 valence electrons. The highest BCUT2D eigenvalue weighted by atomic mass is 32.2. The van der Waals surface area contributed by atoms with Crippen LogP contribution in [0.15, 0.2) is 0 Å². The number of hydrogen-bond donors (Lipinski definition) is 0. The zero-order valence-corrected chi connectivity index (χ0v) is 6.88. The van der Waals surface area contributed by atoms with Gasteiger partial charge >= 0.3 is 0 Å². The maximum Gasteiger partial charge on any atom is 0.105 e. The third-order valence-electron chi connectivity index (χ3n) is 1.05. The third kappa shape index (κ3) is 6.19. The maximum absolute atomic E-state index is 10.9. The lowest BCUT2D eigenvalue weighted by atomic mass is 10.4. The SMILES string of the molecule is [CH2]CCC[S+]([O-])CCC. The van der Waals surface area contributed by atoms with Crippen molar-refractivity contribution in [3.8, 4) is 0 Å². The largest absolute Gasteiger partial charge is 0.616 e. The molecule has 0 spiro atoms. The Bertz CT molecular complexity index is 56.9. The molecule has 0 aromatic rings. The van der Waals surface area contributed by atoms with E-state index in [0.29, 0.717) is 0 Å². The van der Waals surface area contributed by atoms with E-state index in [4.69, 9.17) is 0 Å². The van der Waals surface area contributed by atoms with Gasteiger partial charge in [0, 0.05) is 0 Å². The maximum atomic E-state index is 10.9. The number of hydrogen-bond acceptors (Lipinski definition) is 1. The topological polar surface area (TPSA) is 23.1 Å². The second-order valence-electron chi connectivity index (χ2n) is 2.06. The van der Waals surface area contributed by atoms with Crippen molar-refractivity contribution in [2.75, 3.05) is 11.5 Å². The minimum absolute atomic E-state index is 0.560. The Morgan fingerprint density at radius 3 is 2.56 bits per heavy atom. The van der Waals surface area contributed by atoms with Crippen molar-refractivity contribution in [2.45, 2.75) is 26.2 Å². The van der Waals surface area contributed by atoms with Crippen LogP contribution in [0, 0.1) is 6.92 Å². The molecule has 0 rings (SSSR count). The summed E-state index contributed by atoms with van der Waals surface area (Å²) in [4.78, 5) is 0. The van der Waals surface area contributed by atoms with Gasteiger partial charge in [0.25, 0.3) is 0 Å². The summed E-state index contributed by atoms with van der Waals surface area (Å²) < 4.78 is 10.9. The quantitative estimate of drug-likeness (QED) is 0.543. The van der Waals surface area contributed by atoms with Gasteiger partial charge in [0.15, 0.2) is 0 Å². The summed E-state index contributed by atoms with van der Waals surface area (Å²) in [6.45, 7) is 5.74. The van der Waals surface area contributed by atoms with E-state index in [1.54, 1.807) is 0 Å². The van der Waals surface area contributed by atoms with Crippen LogP contribution in [0.25, 0.3) is 0 Å². The van der Waals surface area contributed by atoms with E-state index < -0.39 is 11.2 Å². The minimum atomic E-state index is -0.560. The summed E-state index contributed by atoms with van der Waals surface area (Å²) in [5, 5.41) is 0. The van der Waals surface area contributed by atoms with E-state index in [0.717, 1.165) is 30.8 Å². The average molecular weight is 147 g/mol. The Morgan fingerprint density at radius 2 is 2.11 bits per heavy atom. The zero-order chi connectivity index (χ0) is 7.11. The Labute approximate surface area is 61.0 Å². The molecule has 0 saturated carbocycles. The van der Waals surface area contributed by atoms with Gasteiger partial charge in [-0.15, -0.1) is 0 Å². The average Bonchev–Trinajstić information content (AvgIpc) is 1.85. The summed E-state index contributed by atoms with van der Waals surface area (Å²) in [5.74, 6) is 1.71. The zero-order valence-electron chi connectivity index (χ0n) is 6.06. The first-order chi connectivity index (χ1) is 4.31. The molecule has 0 aromatic heterocycles. The van der Waals surface area contributed by atoms with Crippen molar-refractivity contribution in [3.63, 3.8) is 0 Å². The van der Waals surface area contributed by atoms with E-state index in [1.807, 2.05) is 0 Å². The van der Waals surface area contributed by atoms with Crippen LogP contribution in [-0.2, 0) is 11.2 Å². The Morgan fingerprint density at radius 1 is 1.44 bits per heavy atom. The van der Waals surface area contributed by atoms with Gasteiger partial charge in [0.05, 0.1) is 0 Å². The van der Waals surface area contributed by atoms with Crippen molar-refractivity contribution in [3.05, 3.63) is 6.92 Å². The van der Waals surface area contributed by atoms with Gasteiger partial charge in [0.2, 0.25) is 0 Å². The summed E-state index contributed by atoms with van der Waals surface area (Å²) in [6, 6.07) is 0. The van der Waals surface area contributed by atoms with E-state index in [2.05, 4.69) is 13.8 Å². The van der Waals surface area contributed by atoms with Crippen LogP contribution in [0.2, 0.25) is 0 Å². The summed E-state index contributed by atoms with van der Waals surface area (Å²) >= 11 is -0.560. The predicted octanol–water partition coefficient (Wildman–Crippen LogP) is 1.76. The molecule has 0 heterocycles. The fourth-order valence-electron chi connectivity index (χ4n) is 0.593. The fraction of sp³-hybridized carbons (Fsp3) is 0.857. The monoisotopic (exact) mass is 147 g/mol. The lowest BCUT2D eigenvalue weighted by Crippen LogP contribution is -2.09. The summed E-state index contributed by atoms with van der Waals surface area (Å²) in [6.07, 6.45) is 2.95. The molecule has 0 amide bonds. The normalized spacial score (nSPS) is 13.7. The fourth-order valence-corrected chi connectivity index (χ4v) is 1.78. The Kier molecular flexibility index (Phi) is 6.65. The first kappa shape index (κ1) is 9.31. The van der Waals surface area contributed by atoms with E-state index in [1.165, 1.54) is 0 Å². The van der Waals surface area contributed by atoms with Gasteiger partial charge in [-0.25, -0.2) is 0 Å². The molecule has 0 aliphatic heterocycles. The molecule has 0 bridgehead atoms.